The van der Waals surface area contributed by atoms with Gasteiger partial charge in [-0.05, 0) is 20.3 Å². The Bertz CT molecular complexity index is 160. The van der Waals surface area contributed by atoms with E-state index in [1.807, 2.05) is 0 Å². The largest absolute Gasteiger partial charge is 0.396 e. The number of hydrogen-bond donors (Lipinski definition) is 3. The van der Waals surface area contributed by atoms with E-state index in [0.717, 1.165) is 0 Å². The third kappa shape index (κ3) is 6.81. The molecule has 0 aliphatic rings. The van der Waals surface area contributed by atoms with Crippen molar-refractivity contribution in [3.05, 3.63) is 0 Å². The second-order valence-corrected chi connectivity index (χ2v) is 3.93. The van der Waals surface area contributed by atoms with Gasteiger partial charge in [0, 0.05) is 20.1 Å². The van der Waals surface area contributed by atoms with Crippen molar-refractivity contribution in [2.75, 3.05) is 20.3 Å². The number of rotatable bonds is 8. The molecule has 2 unspecified atom stereocenters. The summed E-state index contributed by atoms with van der Waals surface area (Å²) in [6.07, 6.45) is -0.463. The maximum atomic E-state index is 9.27. The second kappa shape index (κ2) is 7.14. The maximum Gasteiger partial charge on any atom is 0.162 e. The van der Waals surface area contributed by atoms with Crippen molar-refractivity contribution in [1.29, 1.82) is 0 Å². The Balaban J connectivity index is 4.14. The number of ether oxygens (including phenoxy) is 2. The molecule has 0 saturated heterocycles. The van der Waals surface area contributed by atoms with E-state index in [9.17, 15) is 5.11 Å². The van der Waals surface area contributed by atoms with Crippen LogP contribution in [0.1, 0.15) is 26.7 Å². The van der Waals surface area contributed by atoms with E-state index >= 15 is 0 Å². The van der Waals surface area contributed by atoms with Crippen LogP contribution in [0, 0.1) is 0 Å². The van der Waals surface area contributed by atoms with Crippen molar-refractivity contribution in [3.63, 3.8) is 0 Å². The zero-order valence-electron chi connectivity index (χ0n) is 9.64. The first kappa shape index (κ1) is 14.8. The van der Waals surface area contributed by atoms with Crippen molar-refractivity contribution in [2.24, 2.45) is 0 Å². The van der Waals surface area contributed by atoms with Crippen molar-refractivity contribution < 1.29 is 24.8 Å². The van der Waals surface area contributed by atoms with Crippen LogP contribution in [0.3, 0.4) is 0 Å². The summed E-state index contributed by atoms with van der Waals surface area (Å²) in [5.41, 5.74) is 0. The third-order valence-electron chi connectivity index (χ3n) is 2.14. The van der Waals surface area contributed by atoms with Crippen molar-refractivity contribution in [3.8, 4) is 0 Å². The molecule has 0 bridgehead atoms. The normalized spacial score (nSPS) is 16.4. The summed E-state index contributed by atoms with van der Waals surface area (Å²) in [6.45, 7) is 3.17. The maximum absolute atomic E-state index is 9.27. The Morgan fingerprint density at radius 1 is 1.27 bits per heavy atom. The molecule has 15 heavy (non-hydrogen) atoms. The predicted octanol–water partition coefficient (Wildman–Crippen LogP) is -0.120. The van der Waals surface area contributed by atoms with E-state index in [-0.39, 0.29) is 25.7 Å². The molecule has 0 aromatic carbocycles. The van der Waals surface area contributed by atoms with Crippen LogP contribution in [0.5, 0.6) is 0 Å². The lowest BCUT2D eigenvalue weighted by Crippen LogP contribution is -2.35. The van der Waals surface area contributed by atoms with Crippen LogP contribution in [0.25, 0.3) is 0 Å². The molecule has 0 aliphatic heterocycles. The summed E-state index contributed by atoms with van der Waals surface area (Å²) in [4.78, 5) is 0. The lowest BCUT2D eigenvalue weighted by atomic mass is 10.1. The van der Waals surface area contributed by atoms with Crippen molar-refractivity contribution >= 4 is 0 Å². The summed E-state index contributed by atoms with van der Waals surface area (Å²) in [6, 6.07) is 0. The molecule has 0 heterocycles. The SMILES string of the molecule is COC(C)(C)OC(CCO)CC(O)CO. The summed E-state index contributed by atoms with van der Waals surface area (Å²) in [5, 5.41) is 26.8. The van der Waals surface area contributed by atoms with Crippen LogP contribution in [0.15, 0.2) is 0 Å². The molecule has 5 nitrogen and oxygen atoms in total. The Kier molecular flexibility index (Phi) is 7.04. The molecule has 0 aliphatic carbocycles. The van der Waals surface area contributed by atoms with Crippen LogP contribution < -0.4 is 0 Å². The van der Waals surface area contributed by atoms with Gasteiger partial charge in [0.1, 0.15) is 0 Å². The fourth-order valence-corrected chi connectivity index (χ4v) is 1.20. The van der Waals surface area contributed by atoms with Gasteiger partial charge in [0.2, 0.25) is 0 Å². The molecule has 0 amide bonds. The van der Waals surface area contributed by atoms with Crippen molar-refractivity contribution in [1.82, 2.24) is 0 Å². The van der Waals surface area contributed by atoms with Crippen molar-refractivity contribution in [2.45, 2.75) is 44.7 Å². The quantitative estimate of drug-likeness (QED) is 0.499. The zero-order valence-corrected chi connectivity index (χ0v) is 9.64. The second-order valence-electron chi connectivity index (χ2n) is 3.93. The molecule has 0 aromatic rings. The molecule has 2 atom stereocenters. The van der Waals surface area contributed by atoms with Crippen LogP contribution in [-0.4, -0.2) is 53.6 Å². The highest BCUT2D eigenvalue weighted by Crippen LogP contribution is 2.18. The lowest BCUT2D eigenvalue weighted by Gasteiger charge is -2.30. The molecule has 0 fully saturated rings. The molecule has 0 rings (SSSR count). The first-order chi connectivity index (χ1) is 6.95. The van der Waals surface area contributed by atoms with Crippen LogP contribution in [-0.2, 0) is 9.47 Å². The highest BCUT2D eigenvalue weighted by Gasteiger charge is 2.24. The summed E-state index contributed by atoms with van der Waals surface area (Å²) < 4.78 is 10.6. The van der Waals surface area contributed by atoms with E-state index in [2.05, 4.69) is 0 Å². The fraction of sp³-hybridized carbons (Fsp3) is 1.00. The Morgan fingerprint density at radius 3 is 2.27 bits per heavy atom. The third-order valence-corrected chi connectivity index (χ3v) is 2.14. The van der Waals surface area contributed by atoms with Gasteiger partial charge >= 0.3 is 0 Å². The number of aliphatic hydroxyl groups excluding tert-OH is 3. The number of methoxy groups -OCH3 is 1. The average Bonchev–Trinajstić information content (AvgIpc) is 2.17. The van der Waals surface area contributed by atoms with Gasteiger partial charge in [-0.15, -0.1) is 0 Å². The van der Waals surface area contributed by atoms with E-state index < -0.39 is 11.9 Å². The van der Waals surface area contributed by atoms with Gasteiger partial charge in [-0.25, -0.2) is 0 Å². The zero-order chi connectivity index (χ0) is 11.9. The topological polar surface area (TPSA) is 79.2 Å². The standard InChI is InChI=1S/C10H22O5/c1-10(2,14-3)15-9(4-5-11)6-8(13)7-12/h8-9,11-13H,4-7H2,1-3H3. The molecule has 0 spiro atoms. The molecule has 5 heteroatoms. The number of aliphatic hydroxyl groups is 3. The summed E-state index contributed by atoms with van der Waals surface area (Å²) in [5.74, 6) is -0.755. The Labute approximate surface area is 90.6 Å². The highest BCUT2D eigenvalue weighted by atomic mass is 16.7. The fourth-order valence-electron chi connectivity index (χ4n) is 1.20. The van der Waals surface area contributed by atoms with Gasteiger partial charge in [0.25, 0.3) is 0 Å². The highest BCUT2D eigenvalue weighted by molar-refractivity contribution is 4.67. The van der Waals surface area contributed by atoms with E-state index in [1.54, 1.807) is 13.8 Å². The number of hydrogen-bond acceptors (Lipinski definition) is 5. The van der Waals surface area contributed by atoms with Gasteiger partial charge < -0.3 is 24.8 Å². The molecule has 0 aromatic heterocycles. The summed E-state index contributed by atoms with van der Waals surface area (Å²) >= 11 is 0. The Hall–Kier alpha value is -0.200. The van der Waals surface area contributed by atoms with Crippen LogP contribution in [0.2, 0.25) is 0 Å². The molecule has 0 saturated carbocycles. The minimum atomic E-state index is -0.825. The molecule has 3 N–H and O–H groups in total. The Morgan fingerprint density at radius 2 is 1.87 bits per heavy atom. The van der Waals surface area contributed by atoms with E-state index in [1.165, 1.54) is 7.11 Å². The first-order valence-corrected chi connectivity index (χ1v) is 5.08. The predicted molar refractivity (Wildman–Crippen MR) is 55.4 cm³/mol. The minimum absolute atomic E-state index is 0.0252. The lowest BCUT2D eigenvalue weighted by molar-refractivity contribution is -0.230. The monoisotopic (exact) mass is 222 g/mol. The average molecular weight is 222 g/mol. The van der Waals surface area contributed by atoms with Gasteiger partial charge in [0.15, 0.2) is 5.79 Å². The van der Waals surface area contributed by atoms with E-state index in [4.69, 9.17) is 19.7 Å². The molecule has 92 valence electrons. The van der Waals surface area contributed by atoms with Gasteiger partial charge in [0.05, 0.1) is 18.8 Å². The molecular formula is C10H22O5. The van der Waals surface area contributed by atoms with E-state index in [0.29, 0.717) is 6.42 Å². The molecule has 0 radical (unpaired) electrons. The summed E-state index contributed by atoms with van der Waals surface area (Å²) in [7, 11) is 1.53. The molecular weight excluding hydrogens is 200 g/mol. The van der Waals surface area contributed by atoms with Crippen LogP contribution >= 0.6 is 0 Å². The smallest absolute Gasteiger partial charge is 0.162 e. The van der Waals surface area contributed by atoms with Gasteiger partial charge in [-0.3, -0.25) is 0 Å². The van der Waals surface area contributed by atoms with Gasteiger partial charge in [-0.1, -0.05) is 0 Å². The minimum Gasteiger partial charge on any atom is -0.396 e. The first-order valence-electron chi connectivity index (χ1n) is 5.08. The van der Waals surface area contributed by atoms with Gasteiger partial charge in [-0.2, -0.15) is 0 Å². The van der Waals surface area contributed by atoms with Crippen LogP contribution in [0.4, 0.5) is 0 Å².